The second kappa shape index (κ2) is 48.3. The number of nitrogens with one attached hydrogen (secondary N) is 11. The third-order valence-corrected chi connectivity index (χ3v) is 20.3. The van der Waals surface area contributed by atoms with Crippen LogP contribution in [0, 0.1) is 5.92 Å². The highest BCUT2D eigenvalue weighted by atomic mass is 16.4. The Morgan fingerprint density at radius 2 is 1.08 bits per heavy atom. The van der Waals surface area contributed by atoms with E-state index >= 15 is 9.59 Å². The molecular formula is C82H111N21O20. The number of H-pyrrole nitrogens is 2. The van der Waals surface area contributed by atoms with Gasteiger partial charge in [-0.25, -0.2) is 4.98 Å². The van der Waals surface area contributed by atoms with E-state index in [1.165, 1.54) is 55.8 Å². The third-order valence-electron chi connectivity index (χ3n) is 20.3. The first-order chi connectivity index (χ1) is 58.6. The highest BCUT2D eigenvalue weighted by Gasteiger charge is 2.40. The number of aromatic hydroxyl groups is 1. The van der Waals surface area contributed by atoms with Gasteiger partial charge < -0.3 is 101 Å². The molecular weight excluding hydrogens is 1600 g/mol. The van der Waals surface area contributed by atoms with E-state index in [1.54, 1.807) is 94.2 Å². The quantitative estimate of drug-likeness (QED) is 0.0137. The highest BCUT2D eigenvalue weighted by molar-refractivity contribution is 6.09. The minimum atomic E-state index is -1.99. The number of aromatic amines is 2. The number of anilines is 2. The van der Waals surface area contributed by atoms with E-state index in [0.717, 1.165) is 6.07 Å². The summed E-state index contributed by atoms with van der Waals surface area (Å²) in [7, 11) is 0. The van der Waals surface area contributed by atoms with Crippen molar-refractivity contribution in [3.05, 3.63) is 144 Å². The lowest BCUT2D eigenvalue weighted by Gasteiger charge is -2.32. The molecule has 41 nitrogen and oxygen atoms in total. The van der Waals surface area contributed by atoms with Crippen molar-refractivity contribution < 1.29 is 97.1 Å². The van der Waals surface area contributed by atoms with E-state index in [-0.39, 0.29) is 107 Å². The summed E-state index contributed by atoms with van der Waals surface area (Å²) < 4.78 is 0. The SMILES string of the molecule is CCCC[C@H](NC(=O)[C@H](Cc1ccccc1)NC(=O)[C@H](Cc1c[nH]cn1)NC(=O)CCNC(=O)[C@@H](NC(=O)[C@H](C)NC(=O)[C@H](Cc1c[nH]c2ccccc12)NC(=O)[C@H](CCC(N)=O)NC(=O)[C@@H](Cc1ccc(O)c(NC(=O)CN2CCN(CC(=O)O)CCN(CC(=O)O)CCN(CC(=O)O)CC2)c1)N(C(=O)CN)C(=O)c1ccc(N)cc1)C(C)C)C(N)=O. The number of aliphatic carboxylic acids is 3. The number of amides is 13. The van der Waals surface area contributed by atoms with Crippen LogP contribution in [-0.2, 0) is 97.6 Å². The Hall–Kier alpha value is -13.2. The summed E-state index contributed by atoms with van der Waals surface area (Å²) in [5, 5.41) is 64.7. The Bertz CT molecular complexity index is 4630. The van der Waals surface area contributed by atoms with E-state index < -0.39 is 213 Å². The maximum Gasteiger partial charge on any atom is 0.317 e. The van der Waals surface area contributed by atoms with E-state index in [1.807, 2.05) is 6.92 Å². The molecule has 0 saturated carbocycles. The van der Waals surface area contributed by atoms with Crippen LogP contribution in [0.4, 0.5) is 11.4 Å². The summed E-state index contributed by atoms with van der Waals surface area (Å²) >= 11 is 0. The zero-order chi connectivity index (χ0) is 90.0. The number of carboxylic acid groups (broad SMARTS) is 3. The van der Waals surface area contributed by atoms with Gasteiger partial charge in [0.05, 0.1) is 50.4 Å². The Labute approximate surface area is 708 Å². The first-order valence-corrected chi connectivity index (χ1v) is 40.2. The Kier molecular flexibility index (Phi) is 38.0. The van der Waals surface area contributed by atoms with Crippen LogP contribution in [0.2, 0.25) is 0 Å². The summed E-state index contributed by atoms with van der Waals surface area (Å²) in [6.45, 7) is 4.13. The summed E-state index contributed by atoms with van der Waals surface area (Å²) in [5.41, 5.74) is 25.2. The average molecular weight is 1710 g/mol. The molecule has 0 radical (unpaired) electrons. The monoisotopic (exact) mass is 1710 g/mol. The van der Waals surface area contributed by atoms with Crippen LogP contribution in [0.1, 0.15) is 99.0 Å². The molecule has 1 saturated heterocycles. The topological polar surface area (TPSA) is 627 Å². The van der Waals surface area contributed by atoms with Crippen molar-refractivity contribution in [2.45, 2.75) is 140 Å². The minimum Gasteiger partial charge on any atom is -0.506 e. The smallest absolute Gasteiger partial charge is 0.317 e. The second-order valence-electron chi connectivity index (χ2n) is 30.2. The Balaban J connectivity index is 1.09. The van der Waals surface area contributed by atoms with Crippen LogP contribution < -0.4 is 70.8 Å². The lowest BCUT2D eigenvalue weighted by Crippen LogP contribution is -2.60. The number of benzene rings is 4. The molecule has 4 aromatic carbocycles. The predicted octanol–water partition coefficient (Wildman–Crippen LogP) is -2.62. The fraction of sp³-hybridized carbons (Fsp3) is 0.451. The number of para-hydroxylation sites is 1. The summed E-state index contributed by atoms with van der Waals surface area (Å²) in [6.07, 6.45) is 3.31. The zero-order valence-electron chi connectivity index (χ0n) is 68.9. The van der Waals surface area contributed by atoms with Crippen LogP contribution in [-0.4, -0.2) is 295 Å². The Morgan fingerprint density at radius 3 is 1.63 bits per heavy atom. The van der Waals surface area contributed by atoms with Crippen molar-refractivity contribution in [3.8, 4) is 5.75 Å². The van der Waals surface area contributed by atoms with Crippen LogP contribution >= 0.6 is 0 Å². The van der Waals surface area contributed by atoms with Gasteiger partial charge in [0.1, 0.15) is 54.1 Å². The number of hydrogen-bond donors (Lipinski definition) is 19. The molecule has 123 heavy (non-hydrogen) atoms. The van der Waals surface area contributed by atoms with Gasteiger partial charge in [-0.05, 0) is 84.8 Å². The number of hydrogen-bond acceptors (Lipinski definition) is 24. The van der Waals surface area contributed by atoms with Gasteiger partial charge in [-0.1, -0.05) is 88.2 Å². The number of imidazole rings is 1. The summed E-state index contributed by atoms with van der Waals surface area (Å²) in [6, 6.07) is 12.7. The molecule has 41 heteroatoms. The van der Waals surface area contributed by atoms with E-state index in [9.17, 15) is 87.5 Å². The van der Waals surface area contributed by atoms with Crippen molar-refractivity contribution in [2.75, 3.05) is 103 Å². The molecule has 1 fully saturated rings. The van der Waals surface area contributed by atoms with Gasteiger partial charge in [-0.15, -0.1) is 0 Å². The number of nitrogens with two attached hydrogens (primary N) is 4. The molecule has 0 spiro atoms. The van der Waals surface area contributed by atoms with Crippen molar-refractivity contribution in [3.63, 3.8) is 0 Å². The van der Waals surface area contributed by atoms with E-state index in [2.05, 4.69) is 62.8 Å². The molecule has 1 aliphatic rings. The number of imide groups is 1. The number of phenolic OH excluding ortho intramolecular Hbond substituents is 1. The van der Waals surface area contributed by atoms with E-state index in [0.29, 0.717) is 45.5 Å². The minimum absolute atomic E-state index is 0.00658. The van der Waals surface area contributed by atoms with Crippen LogP contribution in [0.25, 0.3) is 10.9 Å². The van der Waals surface area contributed by atoms with Crippen LogP contribution in [0.3, 0.4) is 0 Å². The van der Waals surface area contributed by atoms with Gasteiger partial charge in [-0.3, -0.25) is 101 Å². The van der Waals surface area contributed by atoms with Crippen molar-refractivity contribution in [1.82, 2.24) is 82.0 Å². The lowest BCUT2D eigenvalue weighted by atomic mass is 9.99. The molecule has 3 heterocycles. The van der Waals surface area contributed by atoms with Gasteiger partial charge in [0.2, 0.25) is 70.9 Å². The number of aromatic nitrogens is 3. The maximum atomic E-state index is 15.4. The number of carbonyl (C=O) groups is 16. The summed E-state index contributed by atoms with van der Waals surface area (Å²) in [4.78, 5) is 236. The van der Waals surface area contributed by atoms with E-state index in [4.69, 9.17) is 22.9 Å². The number of carboxylic acids is 3. The number of rotatable bonds is 45. The number of carbonyl (C=O) groups excluding carboxylic acids is 13. The fourth-order valence-electron chi connectivity index (χ4n) is 13.6. The zero-order valence-corrected chi connectivity index (χ0v) is 68.9. The molecule has 7 rings (SSSR count). The van der Waals surface area contributed by atoms with Gasteiger partial charge in [0, 0.05) is 132 Å². The number of nitrogen functional groups attached to an aromatic ring is 1. The molecule has 0 bridgehead atoms. The highest BCUT2D eigenvalue weighted by Crippen LogP contribution is 2.27. The van der Waals surface area contributed by atoms with Gasteiger partial charge in [0.15, 0.2) is 0 Å². The number of phenols is 1. The number of primary amides is 2. The van der Waals surface area contributed by atoms with Crippen LogP contribution in [0.15, 0.2) is 116 Å². The molecule has 13 amide bonds. The fourth-order valence-corrected chi connectivity index (χ4v) is 13.6. The molecule has 23 N–H and O–H groups in total. The molecule has 8 atom stereocenters. The van der Waals surface area contributed by atoms with Crippen molar-refractivity contribution >= 4 is 117 Å². The molecule has 0 unspecified atom stereocenters. The number of nitrogens with zero attached hydrogens (tertiary/aromatic N) is 6. The third kappa shape index (κ3) is 31.7. The maximum absolute atomic E-state index is 15.4. The molecule has 1 aliphatic heterocycles. The normalized spacial score (nSPS) is 15.1. The Morgan fingerprint density at radius 1 is 0.537 bits per heavy atom. The first-order valence-electron chi connectivity index (χ1n) is 40.2. The van der Waals surface area contributed by atoms with Gasteiger partial charge in [0.25, 0.3) is 5.91 Å². The predicted molar refractivity (Wildman–Crippen MR) is 447 cm³/mol. The van der Waals surface area contributed by atoms with Crippen molar-refractivity contribution in [2.24, 2.45) is 23.1 Å². The molecule has 664 valence electrons. The van der Waals surface area contributed by atoms with Gasteiger partial charge in [-0.2, -0.15) is 0 Å². The standard InChI is InChI=1S/C82H111N21O20/c1-5-6-15-58(74(86)115)94-78(119)61(35-50-12-8-7-9-13-50)96-79(120)63(39-55-42-87-47-90-55)93-67(106)25-26-88-81(122)73(48(2)3)98-75(116)49(4)91-77(118)62(38-53-41-89-57-16-11-10-14-56(53)57)97-76(117)59(22-24-66(85)105)95-80(121)64(103(69(108)40-83)82(123)52-18-20-54(84)21-19-52)37-51-17-23-65(104)60(36-51)92-68(107)43-99-27-29-100(44-70(109)110)31-33-102(46-72(113)114)34-32-101(30-28-99)45-71(111)112/h7-14,16-21,23,36,41-42,47-49,58-59,61-64,73,89,104H,5-6,15,22,24-35,37-40,43-46,83-84H2,1-4H3,(H2,85,105)(H2,86,115)(H,87,90)(H,88,122)(H,91,118)(H,92,107)(H,93,106)(H,94,119)(H,95,121)(H,96,120)(H,97,117)(H,98,116)(H,109,110)(H,111,112)(H,113,114)/t49-,58-,59-,61-,62-,63-,64+,73-/m0/s1. The molecule has 2 aromatic heterocycles. The number of unbranched alkanes of at least 4 members (excludes halogenated alkanes) is 1. The largest absolute Gasteiger partial charge is 0.506 e. The van der Waals surface area contributed by atoms with Crippen LogP contribution in [0.5, 0.6) is 5.75 Å². The first kappa shape index (κ1) is 96.9. The summed E-state index contributed by atoms with van der Waals surface area (Å²) in [5.74, 6) is -16.5. The average Bonchev–Trinajstić information content (AvgIpc) is 1.60. The van der Waals surface area contributed by atoms with Gasteiger partial charge >= 0.3 is 17.9 Å². The number of fused-ring (bicyclic) bond motifs is 1. The molecule has 0 aliphatic carbocycles. The second-order valence-corrected chi connectivity index (χ2v) is 30.2. The molecule has 6 aromatic rings. The van der Waals surface area contributed by atoms with Crippen molar-refractivity contribution in [1.29, 1.82) is 0 Å². The lowest BCUT2D eigenvalue weighted by molar-refractivity contribution is -0.140.